The Labute approximate surface area is 223 Å². The van der Waals surface area contributed by atoms with Crippen LogP contribution in [0.5, 0.6) is 11.5 Å². The molecule has 2 atom stereocenters. The third-order valence-corrected chi connectivity index (χ3v) is 8.06. The molecule has 2 heterocycles. The lowest BCUT2D eigenvalue weighted by atomic mass is 9.44. The number of hydrogen-bond acceptors (Lipinski definition) is 6. The van der Waals surface area contributed by atoms with E-state index in [1.165, 1.54) is 12.1 Å². The molecule has 2 unspecified atom stereocenters. The van der Waals surface area contributed by atoms with Crippen LogP contribution in [0.1, 0.15) is 37.3 Å². The fraction of sp³-hybridized carbons (Fsp3) is 0.462. The van der Waals surface area contributed by atoms with Crippen LogP contribution >= 0.6 is 23.2 Å². The van der Waals surface area contributed by atoms with Crippen LogP contribution < -0.4 is 25.4 Å². The Morgan fingerprint density at radius 2 is 1.81 bits per heavy atom. The lowest BCUT2D eigenvalue weighted by molar-refractivity contribution is -0.154. The van der Waals surface area contributed by atoms with Crippen LogP contribution in [0.4, 0.5) is 4.39 Å². The van der Waals surface area contributed by atoms with Crippen molar-refractivity contribution in [3.05, 3.63) is 57.8 Å². The molecule has 3 aliphatic carbocycles. The third-order valence-electron chi connectivity index (χ3n) is 7.52. The average molecular weight is 550 g/mol. The summed E-state index contributed by atoms with van der Waals surface area (Å²) in [5, 5.41) is 10.3. The summed E-state index contributed by atoms with van der Waals surface area (Å²) in [6.07, 6.45) is 1.78. The van der Waals surface area contributed by atoms with E-state index in [1.54, 1.807) is 12.1 Å². The number of rotatable bonds is 8. The van der Waals surface area contributed by atoms with Gasteiger partial charge in [0.2, 0.25) is 0 Å². The van der Waals surface area contributed by atoms with Gasteiger partial charge in [-0.1, -0.05) is 23.2 Å². The van der Waals surface area contributed by atoms with Crippen molar-refractivity contribution in [2.45, 2.75) is 54.9 Å². The predicted octanol–water partition coefficient (Wildman–Crippen LogP) is 3.30. The molecule has 2 aliphatic heterocycles. The minimum absolute atomic E-state index is 0.00927. The van der Waals surface area contributed by atoms with Gasteiger partial charge < -0.3 is 30.2 Å². The number of hydrogen-bond donors (Lipinski definition) is 3. The molecule has 11 heteroatoms. The third kappa shape index (κ3) is 4.85. The van der Waals surface area contributed by atoms with Crippen LogP contribution in [0.15, 0.2) is 36.4 Å². The highest BCUT2D eigenvalue weighted by Gasteiger charge is 2.69. The van der Waals surface area contributed by atoms with Crippen molar-refractivity contribution in [2.24, 2.45) is 0 Å². The molecular formula is C26H26Cl2FN3O5. The summed E-state index contributed by atoms with van der Waals surface area (Å²) in [5.74, 6) is -0.187. The van der Waals surface area contributed by atoms with Crippen LogP contribution in [0.25, 0.3) is 0 Å². The molecule has 0 radical (unpaired) electrons. The van der Waals surface area contributed by atoms with Crippen molar-refractivity contribution in [1.29, 1.82) is 0 Å². The number of halogens is 3. The van der Waals surface area contributed by atoms with Crippen molar-refractivity contribution in [1.82, 2.24) is 16.0 Å². The van der Waals surface area contributed by atoms with E-state index < -0.39 is 11.9 Å². The van der Waals surface area contributed by atoms with E-state index >= 15 is 0 Å². The van der Waals surface area contributed by atoms with E-state index in [0.717, 1.165) is 11.6 Å². The summed E-state index contributed by atoms with van der Waals surface area (Å²) >= 11 is 11.9. The molecule has 196 valence electrons. The second-order valence-corrected chi connectivity index (χ2v) is 11.3. The highest BCUT2D eigenvalue weighted by Crippen LogP contribution is 2.60. The van der Waals surface area contributed by atoms with Gasteiger partial charge in [-0.05, 0) is 49.6 Å². The molecule has 1 saturated heterocycles. The van der Waals surface area contributed by atoms with E-state index in [1.807, 2.05) is 6.07 Å². The number of nitrogens with one attached hydrogen (secondary N) is 3. The predicted molar refractivity (Wildman–Crippen MR) is 133 cm³/mol. The molecule has 0 spiro atoms. The van der Waals surface area contributed by atoms with Gasteiger partial charge in [-0.3, -0.25) is 9.59 Å². The van der Waals surface area contributed by atoms with Gasteiger partial charge in [0.1, 0.15) is 17.3 Å². The number of carbonyl (C=O) groups is 2. The van der Waals surface area contributed by atoms with E-state index in [9.17, 15) is 14.0 Å². The highest BCUT2D eigenvalue weighted by atomic mass is 35.5. The monoisotopic (exact) mass is 549 g/mol. The second kappa shape index (κ2) is 9.31. The largest absolute Gasteiger partial charge is 0.484 e. The fourth-order valence-corrected chi connectivity index (χ4v) is 6.12. The van der Waals surface area contributed by atoms with Gasteiger partial charge in [0.05, 0.1) is 24.3 Å². The maximum Gasteiger partial charge on any atom is 0.261 e. The van der Waals surface area contributed by atoms with Gasteiger partial charge in [-0.2, -0.15) is 0 Å². The Morgan fingerprint density at radius 1 is 1.05 bits per heavy atom. The molecule has 2 aromatic rings. The maximum absolute atomic E-state index is 13.5. The van der Waals surface area contributed by atoms with Crippen molar-refractivity contribution in [2.75, 3.05) is 19.8 Å². The van der Waals surface area contributed by atoms with Crippen molar-refractivity contribution >= 4 is 35.0 Å². The van der Waals surface area contributed by atoms with Crippen LogP contribution in [-0.2, 0) is 14.3 Å². The number of benzene rings is 2. The first-order chi connectivity index (χ1) is 17.7. The Hall–Kier alpha value is -2.59. The molecule has 4 fully saturated rings. The van der Waals surface area contributed by atoms with E-state index in [4.69, 9.17) is 37.4 Å². The Bertz CT molecular complexity index is 1240. The summed E-state index contributed by atoms with van der Waals surface area (Å²) in [4.78, 5) is 25.6. The maximum atomic E-state index is 13.5. The summed E-state index contributed by atoms with van der Waals surface area (Å²) in [7, 11) is 0. The molecule has 2 amide bonds. The van der Waals surface area contributed by atoms with Crippen molar-refractivity contribution in [3.8, 4) is 11.5 Å². The first kappa shape index (κ1) is 24.7. The Balaban J connectivity index is 1.01. The normalized spacial score (nSPS) is 29.5. The summed E-state index contributed by atoms with van der Waals surface area (Å²) in [5.41, 5.74) is 0.266. The summed E-state index contributed by atoms with van der Waals surface area (Å²) in [6.45, 7) is 1.05. The van der Waals surface area contributed by atoms with Gasteiger partial charge in [0.25, 0.3) is 11.8 Å². The first-order valence-corrected chi connectivity index (χ1v) is 13.0. The molecule has 37 heavy (non-hydrogen) atoms. The van der Waals surface area contributed by atoms with Crippen molar-refractivity contribution in [3.63, 3.8) is 0 Å². The van der Waals surface area contributed by atoms with Gasteiger partial charge in [0, 0.05) is 40.2 Å². The van der Waals surface area contributed by atoms with Crippen LogP contribution in [0.3, 0.4) is 0 Å². The van der Waals surface area contributed by atoms with E-state index in [2.05, 4.69) is 16.0 Å². The number of amides is 2. The molecule has 0 aromatic heterocycles. The Morgan fingerprint density at radius 3 is 2.51 bits per heavy atom. The quantitative estimate of drug-likeness (QED) is 0.467. The zero-order chi connectivity index (χ0) is 25.8. The number of carbonyl (C=O) groups excluding carboxylic acids is 2. The van der Waals surface area contributed by atoms with Crippen LogP contribution in [0.2, 0.25) is 10.0 Å². The molecular weight excluding hydrogens is 524 g/mol. The Kier molecular flexibility index (Phi) is 6.22. The smallest absolute Gasteiger partial charge is 0.261 e. The fourth-order valence-electron chi connectivity index (χ4n) is 5.82. The first-order valence-electron chi connectivity index (χ1n) is 12.2. The summed E-state index contributed by atoms with van der Waals surface area (Å²) < 4.78 is 30.3. The molecule has 3 N–H and O–H groups in total. The molecule has 3 saturated carbocycles. The SMILES string of the molecule is O=C(COc1ccc(Cl)c(F)c1)NC12CC(NC(=O)C3CC(NC4COC4)c4cc(Cl)ccc4O3)(C1)C2. The average Bonchev–Trinajstić information content (AvgIpc) is 2.79. The molecule has 2 aromatic carbocycles. The van der Waals surface area contributed by atoms with E-state index in [-0.39, 0.29) is 52.4 Å². The number of fused-ring (bicyclic) bond motifs is 1. The van der Waals surface area contributed by atoms with Crippen molar-refractivity contribution < 1.29 is 28.2 Å². The van der Waals surface area contributed by atoms with Gasteiger partial charge in [-0.25, -0.2) is 4.39 Å². The van der Waals surface area contributed by atoms with E-state index in [0.29, 0.717) is 49.7 Å². The van der Waals surface area contributed by atoms with Gasteiger partial charge in [-0.15, -0.1) is 0 Å². The molecule has 8 nitrogen and oxygen atoms in total. The minimum Gasteiger partial charge on any atom is -0.484 e. The number of ether oxygens (including phenoxy) is 3. The summed E-state index contributed by atoms with van der Waals surface area (Å²) in [6, 6.07) is 9.62. The standard InChI is InChI=1S/C26H26Cl2FN3O5/c27-14-1-4-21-17(5-14)20(30-15-8-35-9-15)7-22(37-21)24(34)32-26-11-25(12-26,13-26)31-23(33)10-36-16-2-3-18(28)19(29)6-16/h1-6,15,20,22,30H,7-13H2,(H,31,33)(H,32,34). The van der Waals surface area contributed by atoms with Gasteiger partial charge in [0.15, 0.2) is 12.7 Å². The minimum atomic E-state index is -0.639. The molecule has 2 bridgehead atoms. The molecule has 7 rings (SSSR count). The van der Waals surface area contributed by atoms with Crippen LogP contribution in [0, 0.1) is 5.82 Å². The lowest BCUT2D eigenvalue weighted by Gasteiger charge is -2.70. The topological polar surface area (TPSA) is 97.9 Å². The second-order valence-electron chi connectivity index (χ2n) is 10.5. The molecule has 5 aliphatic rings. The van der Waals surface area contributed by atoms with Crippen LogP contribution in [-0.4, -0.2) is 54.9 Å². The van der Waals surface area contributed by atoms with Gasteiger partial charge >= 0.3 is 0 Å². The zero-order valence-electron chi connectivity index (χ0n) is 19.8. The highest BCUT2D eigenvalue weighted by molar-refractivity contribution is 6.31. The lowest BCUT2D eigenvalue weighted by Crippen LogP contribution is -2.84. The zero-order valence-corrected chi connectivity index (χ0v) is 21.3.